The van der Waals surface area contributed by atoms with Crippen LogP contribution in [0.2, 0.25) is 0 Å². The molecule has 0 aliphatic rings. The van der Waals surface area contributed by atoms with Crippen LogP contribution in [-0.4, -0.2) is 16.0 Å². The third-order valence-electron chi connectivity index (χ3n) is 4.62. The number of aromatic nitrogens is 1. The number of furan rings is 1. The maximum absolute atomic E-state index is 12.7. The van der Waals surface area contributed by atoms with Crippen molar-refractivity contribution in [1.29, 1.82) is 0 Å². The van der Waals surface area contributed by atoms with Gasteiger partial charge < -0.3 is 14.8 Å². The zero-order chi connectivity index (χ0) is 19.3. The monoisotopic (exact) mass is 372 g/mol. The molecule has 2 aromatic heterocycles. The lowest BCUT2D eigenvalue weighted by atomic mass is 10.0. The summed E-state index contributed by atoms with van der Waals surface area (Å²) in [6, 6.07) is 20.4. The molecule has 1 atom stereocenters. The minimum Gasteiger partial charge on any atom is -0.459 e. The van der Waals surface area contributed by atoms with Crippen LogP contribution in [0.4, 0.5) is 0 Å². The van der Waals surface area contributed by atoms with E-state index in [9.17, 15) is 4.79 Å². The van der Waals surface area contributed by atoms with E-state index >= 15 is 0 Å². The summed E-state index contributed by atoms with van der Waals surface area (Å²) in [6.07, 6.45) is 3.67. The van der Waals surface area contributed by atoms with Crippen LogP contribution in [0.5, 0.6) is 0 Å². The van der Waals surface area contributed by atoms with Gasteiger partial charge in [0.2, 0.25) is 5.91 Å². The number of benzene rings is 2. The second kappa shape index (κ2) is 8.06. The second-order valence-electron chi connectivity index (χ2n) is 6.62. The zero-order valence-electron chi connectivity index (χ0n) is 15.2. The average Bonchev–Trinajstić information content (AvgIpc) is 3.17. The van der Waals surface area contributed by atoms with Crippen molar-refractivity contribution in [2.24, 2.45) is 0 Å². The topological polar surface area (TPSA) is 75.4 Å². The largest absolute Gasteiger partial charge is 0.459 e. The minimum absolute atomic E-state index is 0.0123. The lowest BCUT2D eigenvalue weighted by molar-refractivity contribution is -0.121. The van der Waals surface area contributed by atoms with Gasteiger partial charge in [-0.15, -0.1) is 0 Å². The Kier molecular flexibility index (Phi) is 5.17. The Bertz CT molecular complexity index is 1040. The molecule has 2 N–H and O–H groups in total. The third kappa shape index (κ3) is 3.94. The van der Waals surface area contributed by atoms with E-state index in [1.807, 2.05) is 66.7 Å². The summed E-state index contributed by atoms with van der Waals surface area (Å²) in [4.78, 5) is 16.9. The molecule has 0 saturated heterocycles. The summed E-state index contributed by atoms with van der Waals surface area (Å²) in [7, 11) is 0. The zero-order valence-corrected chi connectivity index (χ0v) is 15.2. The van der Waals surface area contributed by atoms with E-state index in [1.165, 1.54) is 0 Å². The Morgan fingerprint density at radius 3 is 2.54 bits per heavy atom. The molecule has 0 bridgehead atoms. The van der Waals surface area contributed by atoms with Gasteiger partial charge in [0.15, 0.2) is 0 Å². The van der Waals surface area contributed by atoms with Gasteiger partial charge in [-0.05, 0) is 29.3 Å². The average molecular weight is 372 g/mol. The normalized spacial score (nSPS) is 12.0. The number of para-hydroxylation sites is 1. The van der Waals surface area contributed by atoms with Crippen molar-refractivity contribution in [3.63, 3.8) is 0 Å². The quantitative estimate of drug-likeness (QED) is 0.540. The fraction of sp³-hybridized carbons (Fsp3) is 0.130. The first-order chi connectivity index (χ1) is 13.7. The predicted molar refractivity (Wildman–Crippen MR) is 107 cm³/mol. The van der Waals surface area contributed by atoms with Crippen LogP contribution in [0, 0.1) is 0 Å². The molecule has 28 heavy (non-hydrogen) atoms. The number of aliphatic hydroxyl groups excluding tert-OH is 1. The van der Waals surface area contributed by atoms with Gasteiger partial charge >= 0.3 is 0 Å². The van der Waals surface area contributed by atoms with Crippen LogP contribution in [0.25, 0.3) is 11.0 Å². The van der Waals surface area contributed by atoms with Gasteiger partial charge in [0.05, 0.1) is 13.0 Å². The Hall–Kier alpha value is -3.44. The molecule has 0 aliphatic carbocycles. The number of rotatable bonds is 6. The molecule has 0 aliphatic heterocycles. The van der Waals surface area contributed by atoms with E-state index in [2.05, 4.69) is 10.3 Å². The molecule has 2 aromatic carbocycles. The number of hydrogen-bond donors (Lipinski definition) is 2. The smallest absolute Gasteiger partial charge is 0.225 e. The number of nitrogens with zero attached hydrogens (tertiary/aromatic N) is 1. The van der Waals surface area contributed by atoms with Crippen molar-refractivity contribution in [1.82, 2.24) is 10.3 Å². The summed E-state index contributed by atoms with van der Waals surface area (Å²) in [5.41, 5.74) is 3.33. The van der Waals surface area contributed by atoms with Gasteiger partial charge in [-0.3, -0.25) is 9.78 Å². The van der Waals surface area contributed by atoms with Crippen LogP contribution in [0.15, 0.2) is 83.5 Å². The number of aliphatic hydroxyl groups is 1. The van der Waals surface area contributed by atoms with Crippen LogP contribution in [-0.2, 0) is 17.8 Å². The van der Waals surface area contributed by atoms with E-state index < -0.39 is 6.04 Å². The summed E-state index contributed by atoms with van der Waals surface area (Å²) in [6.45, 7) is -0.0123. The Labute approximate surface area is 162 Å². The van der Waals surface area contributed by atoms with Crippen molar-refractivity contribution in [3.05, 3.63) is 102 Å². The first-order valence-corrected chi connectivity index (χ1v) is 9.09. The lowest BCUT2D eigenvalue weighted by Gasteiger charge is -2.17. The lowest BCUT2D eigenvalue weighted by Crippen LogP contribution is -2.30. The molecule has 4 aromatic rings. The number of hydrogen-bond acceptors (Lipinski definition) is 4. The molecule has 1 amide bonds. The van der Waals surface area contributed by atoms with E-state index in [4.69, 9.17) is 9.52 Å². The molecular weight excluding hydrogens is 352 g/mol. The van der Waals surface area contributed by atoms with Gasteiger partial charge in [0.1, 0.15) is 17.4 Å². The van der Waals surface area contributed by atoms with E-state index in [1.54, 1.807) is 12.4 Å². The molecule has 0 saturated carbocycles. The maximum atomic E-state index is 12.7. The maximum Gasteiger partial charge on any atom is 0.225 e. The summed E-state index contributed by atoms with van der Waals surface area (Å²) < 4.78 is 6.00. The molecule has 0 radical (unpaired) electrons. The van der Waals surface area contributed by atoms with Gasteiger partial charge in [-0.2, -0.15) is 0 Å². The predicted octanol–water partition coefficient (Wildman–Crippen LogP) is 3.77. The molecule has 5 heteroatoms. The van der Waals surface area contributed by atoms with Crippen LogP contribution in [0.3, 0.4) is 0 Å². The van der Waals surface area contributed by atoms with Crippen LogP contribution < -0.4 is 5.32 Å². The Morgan fingerprint density at radius 2 is 1.82 bits per heavy atom. The first kappa shape index (κ1) is 17.9. The number of amides is 1. The van der Waals surface area contributed by atoms with Gasteiger partial charge in [-0.25, -0.2) is 0 Å². The summed E-state index contributed by atoms with van der Waals surface area (Å²) >= 11 is 0. The molecular formula is C23H20N2O3. The molecule has 0 fully saturated rings. The van der Waals surface area contributed by atoms with Gasteiger partial charge in [-0.1, -0.05) is 48.5 Å². The standard InChI is InChI=1S/C23H20N2O3/c26-15-17-9-7-16(8-10-17)12-22(27)25-23(19-5-3-11-24-14-19)21-13-18-4-1-2-6-20(18)28-21/h1-11,13-14,23,26H,12,15H2,(H,25,27). The van der Waals surface area contributed by atoms with Crippen molar-refractivity contribution < 1.29 is 14.3 Å². The fourth-order valence-corrected chi connectivity index (χ4v) is 3.17. The number of fused-ring (bicyclic) bond motifs is 1. The van der Waals surface area contributed by atoms with Crippen molar-refractivity contribution >= 4 is 16.9 Å². The Balaban J connectivity index is 1.59. The number of carbonyl (C=O) groups is 1. The highest BCUT2D eigenvalue weighted by atomic mass is 16.3. The summed E-state index contributed by atoms with van der Waals surface area (Å²) in [5.74, 6) is 0.546. The molecule has 140 valence electrons. The number of pyridine rings is 1. The molecule has 4 rings (SSSR count). The summed E-state index contributed by atoms with van der Waals surface area (Å²) in [5, 5.41) is 13.2. The van der Waals surface area contributed by atoms with Crippen molar-refractivity contribution in [2.45, 2.75) is 19.1 Å². The van der Waals surface area contributed by atoms with Crippen molar-refractivity contribution in [3.8, 4) is 0 Å². The molecule has 5 nitrogen and oxygen atoms in total. The molecule has 0 spiro atoms. The SMILES string of the molecule is O=C(Cc1ccc(CO)cc1)NC(c1cccnc1)c1cc2ccccc2o1. The second-order valence-corrected chi connectivity index (χ2v) is 6.62. The van der Waals surface area contributed by atoms with Gasteiger partial charge in [0, 0.05) is 23.3 Å². The van der Waals surface area contributed by atoms with Crippen LogP contribution >= 0.6 is 0 Å². The van der Waals surface area contributed by atoms with E-state index in [0.717, 1.165) is 27.7 Å². The Morgan fingerprint density at radius 1 is 1.04 bits per heavy atom. The number of nitrogens with one attached hydrogen (secondary N) is 1. The highest BCUT2D eigenvalue weighted by Crippen LogP contribution is 2.28. The van der Waals surface area contributed by atoms with Crippen LogP contribution in [0.1, 0.15) is 28.5 Å². The fourth-order valence-electron chi connectivity index (χ4n) is 3.17. The minimum atomic E-state index is -0.426. The molecule has 2 heterocycles. The number of carbonyl (C=O) groups excluding carboxylic acids is 1. The van der Waals surface area contributed by atoms with E-state index in [-0.39, 0.29) is 18.9 Å². The van der Waals surface area contributed by atoms with E-state index in [0.29, 0.717) is 5.76 Å². The molecule has 1 unspecified atom stereocenters. The highest BCUT2D eigenvalue weighted by molar-refractivity contribution is 5.81. The van der Waals surface area contributed by atoms with Gasteiger partial charge in [0.25, 0.3) is 0 Å². The first-order valence-electron chi connectivity index (χ1n) is 9.09. The highest BCUT2D eigenvalue weighted by Gasteiger charge is 2.21. The van der Waals surface area contributed by atoms with Crippen molar-refractivity contribution in [2.75, 3.05) is 0 Å². The third-order valence-corrected chi connectivity index (χ3v) is 4.62.